The fourth-order valence-electron chi connectivity index (χ4n) is 4.65. The van der Waals surface area contributed by atoms with E-state index in [-0.39, 0.29) is 48.3 Å². The van der Waals surface area contributed by atoms with Crippen LogP contribution in [0.3, 0.4) is 0 Å². The zero-order valence-electron chi connectivity index (χ0n) is 15.6. The minimum Gasteiger partial charge on any atom is -0.353 e. The molecule has 6 nitrogen and oxygen atoms in total. The van der Waals surface area contributed by atoms with Crippen LogP contribution in [0, 0.1) is 11.7 Å². The Balaban J connectivity index is 0.00000225. The first kappa shape index (κ1) is 21.5. The van der Waals surface area contributed by atoms with Crippen molar-refractivity contribution >= 4 is 28.3 Å². The second kappa shape index (κ2) is 8.65. The Bertz CT molecular complexity index is 802. The van der Waals surface area contributed by atoms with Crippen LogP contribution in [0.15, 0.2) is 29.2 Å². The zero-order valence-corrected chi connectivity index (χ0v) is 17.3. The molecule has 3 saturated heterocycles. The van der Waals surface area contributed by atoms with Crippen molar-refractivity contribution in [1.82, 2.24) is 14.9 Å². The Hall–Kier alpha value is -1.22. The van der Waals surface area contributed by atoms with E-state index in [0.717, 1.165) is 18.9 Å². The fraction of sp³-hybridized carbons (Fsp3) is 0.632. The average Bonchev–Trinajstić information content (AvgIpc) is 3.00. The van der Waals surface area contributed by atoms with Crippen LogP contribution in [0.1, 0.15) is 38.5 Å². The van der Waals surface area contributed by atoms with Gasteiger partial charge in [0.15, 0.2) is 0 Å². The lowest BCUT2D eigenvalue weighted by molar-refractivity contribution is -0.127. The molecule has 3 heterocycles. The number of nitrogens with one attached hydrogen (secondary N) is 2. The van der Waals surface area contributed by atoms with Crippen molar-refractivity contribution in [2.24, 2.45) is 5.92 Å². The molecular formula is C19H27ClFN3O3S. The van der Waals surface area contributed by atoms with Gasteiger partial charge in [0.1, 0.15) is 10.7 Å². The van der Waals surface area contributed by atoms with Gasteiger partial charge in [-0.3, -0.25) is 4.79 Å². The minimum atomic E-state index is -3.86. The number of amides is 1. The molecule has 1 amide bonds. The van der Waals surface area contributed by atoms with Gasteiger partial charge in [0, 0.05) is 37.1 Å². The number of piperidine rings is 2. The van der Waals surface area contributed by atoms with Crippen LogP contribution in [0.5, 0.6) is 0 Å². The standard InChI is InChI=1S/C19H26FN3O3S.ClH/c20-17-3-1-2-4-18(17)27(25,26)23-9-7-13(8-10-23)19(24)22-16-11-14-5-6-15(12-16)21-14;/h1-4,13-16,21H,5-12H2,(H,22,24);1H. The van der Waals surface area contributed by atoms with Gasteiger partial charge in [-0.25, -0.2) is 12.8 Å². The lowest BCUT2D eigenvalue weighted by Crippen LogP contribution is -2.50. The molecule has 3 aliphatic rings. The van der Waals surface area contributed by atoms with E-state index in [1.807, 2.05) is 0 Å². The monoisotopic (exact) mass is 431 g/mol. The summed E-state index contributed by atoms with van der Waals surface area (Å²) in [7, 11) is -3.86. The van der Waals surface area contributed by atoms with Crippen molar-refractivity contribution in [1.29, 1.82) is 0 Å². The molecule has 3 aliphatic heterocycles. The summed E-state index contributed by atoms with van der Waals surface area (Å²) in [6.45, 7) is 0.485. The van der Waals surface area contributed by atoms with E-state index < -0.39 is 15.8 Å². The van der Waals surface area contributed by atoms with Gasteiger partial charge in [0.25, 0.3) is 0 Å². The summed E-state index contributed by atoms with van der Waals surface area (Å²) in [5, 5.41) is 6.74. The predicted molar refractivity (Wildman–Crippen MR) is 106 cm³/mol. The molecular weight excluding hydrogens is 405 g/mol. The molecule has 2 atom stereocenters. The van der Waals surface area contributed by atoms with Crippen LogP contribution in [-0.2, 0) is 14.8 Å². The van der Waals surface area contributed by atoms with Gasteiger partial charge in [0.2, 0.25) is 15.9 Å². The molecule has 2 N–H and O–H groups in total. The summed E-state index contributed by atoms with van der Waals surface area (Å²) >= 11 is 0. The van der Waals surface area contributed by atoms with Gasteiger partial charge < -0.3 is 10.6 Å². The fourth-order valence-corrected chi connectivity index (χ4v) is 6.18. The van der Waals surface area contributed by atoms with E-state index in [0.29, 0.717) is 24.9 Å². The highest BCUT2D eigenvalue weighted by molar-refractivity contribution is 7.89. The van der Waals surface area contributed by atoms with Crippen molar-refractivity contribution in [2.45, 2.75) is 61.5 Å². The molecule has 1 aromatic rings. The second-order valence-corrected chi connectivity index (χ2v) is 9.83. The van der Waals surface area contributed by atoms with Gasteiger partial charge in [-0.05, 0) is 50.7 Å². The maximum Gasteiger partial charge on any atom is 0.245 e. The Labute approximate surface area is 171 Å². The molecule has 2 unspecified atom stereocenters. The molecule has 0 aromatic heterocycles. The van der Waals surface area contributed by atoms with E-state index in [4.69, 9.17) is 0 Å². The highest BCUT2D eigenvalue weighted by Gasteiger charge is 2.37. The minimum absolute atomic E-state index is 0. The van der Waals surface area contributed by atoms with E-state index >= 15 is 0 Å². The molecule has 0 saturated carbocycles. The Morgan fingerprint density at radius 2 is 1.68 bits per heavy atom. The third-order valence-corrected chi connectivity index (χ3v) is 8.03. The number of benzene rings is 1. The van der Waals surface area contributed by atoms with Crippen molar-refractivity contribution in [3.8, 4) is 0 Å². The van der Waals surface area contributed by atoms with Crippen molar-refractivity contribution in [3.05, 3.63) is 30.1 Å². The summed E-state index contributed by atoms with van der Waals surface area (Å²) in [5.41, 5.74) is 0. The van der Waals surface area contributed by atoms with Gasteiger partial charge in [-0.15, -0.1) is 12.4 Å². The topological polar surface area (TPSA) is 78.5 Å². The van der Waals surface area contributed by atoms with E-state index in [9.17, 15) is 17.6 Å². The molecule has 0 aliphatic carbocycles. The highest BCUT2D eigenvalue weighted by atomic mass is 35.5. The number of carbonyl (C=O) groups excluding carboxylic acids is 1. The first-order chi connectivity index (χ1) is 12.9. The van der Waals surface area contributed by atoms with Gasteiger partial charge in [0.05, 0.1) is 0 Å². The van der Waals surface area contributed by atoms with Crippen molar-refractivity contribution < 1.29 is 17.6 Å². The van der Waals surface area contributed by atoms with Crippen LogP contribution in [0.25, 0.3) is 0 Å². The number of halogens is 2. The third kappa shape index (κ3) is 4.35. The molecule has 0 spiro atoms. The average molecular weight is 432 g/mol. The van der Waals surface area contributed by atoms with Crippen molar-refractivity contribution in [3.63, 3.8) is 0 Å². The molecule has 1 aromatic carbocycles. The van der Waals surface area contributed by atoms with E-state index in [1.165, 1.54) is 35.3 Å². The maximum absolute atomic E-state index is 13.9. The summed E-state index contributed by atoms with van der Waals surface area (Å²) in [6.07, 6.45) is 5.26. The molecule has 156 valence electrons. The largest absolute Gasteiger partial charge is 0.353 e. The number of carbonyl (C=O) groups is 1. The first-order valence-corrected chi connectivity index (χ1v) is 11.2. The number of rotatable bonds is 4. The number of nitrogens with zero attached hydrogens (tertiary/aromatic N) is 1. The SMILES string of the molecule is Cl.O=C(NC1CC2CCC(C1)N2)C1CCN(S(=O)(=O)c2ccccc2F)CC1. The molecule has 28 heavy (non-hydrogen) atoms. The molecule has 0 radical (unpaired) electrons. The summed E-state index contributed by atoms with van der Waals surface area (Å²) in [5.74, 6) is -0.883. The van der Waals surface area contributed by atoms with Gasteiger partial charge in [-0.1, -0.05) is 12.1 Å². The van der Waals surface area contributed by atoms with E-state index in [1.54, 1.807) is 0 Å². The predicted octanol–water partition coefficient (Wildman–Crippen LogP) is 2.05. The Morgan fingerprint density at radius 1 is 1.07 bits per heavy atom. The molecule has 4 rings (SSSR count). The van der Waals surface area contributed by atoms with Crippen LogP contribution in [-0.4, -0.2) is 49.8 Å². The lowest BCUT2D eigenvalue weighted by Gasteiger charge is -2.33. The Morgan fingerprint density at radius 3 is 2.29 bits per heavy atom. The normalized spacial score (nSPS) is 28.5. The van der Waals surface area contributed by atoms with Gasteiger partial charge in [-0.2, -0.15) is 4.31 Å². The lowest BCUT2D eigenvalue weighted by atomic mass is 9.94. The quantitative estimate of drug-likeness (QED) is 0.764. The number of hydrogen-bond acceptors (Lipinski definition) is 4. The summed E-state index contributed by atoms with van der Waals surface area (Å²) < 4.78 is 40.5. The first-order valence-electron chi connectivity index (χ1n) is 9.74. The number of fused-ring (bicyclic) bond motifs is 2. The van der Waals surface area contributed by atoms with Crippen LogP contribution in [0.4, 0.5) is 4.39 Å². The molecule has 2 bridgehead atoms. The van der Waals surface area contributed by atoms with E-state index in [2.05, 4.69) is 10.6 Å². The zero-order chi connectivity index (χ0) is 19.0. The number of sulfonamides is 1. The maximum atomic E-state index is 13.9. The van der Waals surface area contributed by atoms with Crippen LogP contribution < -0.4 is 10.6 Å². The third-order valence-electron chi connectivity index (χ3n) is 6.10. The summed E-state index contributed by atoms with van der Waals surface area (Å²) in [6, 6.07) is 6.67. The Kier molecular flexibility index (Phi) is 6.64. The van der Waals surface area contributed by atoms with Crippen LogP contribution >= 0.6 is 12.4 Å². The van der Waals surface area contributed by atoms with Crippen LogP contribution in [0.2, 0.25) is 0 Å². The number of hydrogen-bond donors (Lipinski definition) is 2. The summed E-state index contributed by atoms with van der Waals surface area (Å²) in [4.78, 5) is 12.3. The van der Waals surface area contributed by atoms with Crippen molar-refractivity contribution in [2.75, 3.05) is 13.1 Å². The molecule has 9 heteroatoms. The highest BCUT2D eigenvalue weighted by Crippen LogP contribution is 2.28. The van der Waals surface area contributed by atoms with Gasteiger partial charge >= 0.3 is 0 Å². The second-order valence-electron chi connectivity index (χ2n) is 7.92. The molecule has 3 fully saturated rings. The smallest absolute Gasteiger partial charge is 0.245 e.